The summed E-state index contributed by atoms with van der Waals surface area (Å²) in [6, 6.07) is 3.10. The fourth-order valence-electron chi connectivity index (χ4n) is 8.23. The Hall–Kier alpha value is -2.95. The molecule has 1 aromatic heterocycles. The molecule has 7 rings (SSSR count). The minimum atomic E-state index is -4.95. The van der Waals surface area contributed by atoms with Crippen LogP contribution in [0.1, 0.15) is 88.9 Å². The van der Waals surface area contributed by atoms with Gasteiger partial charge in [0, 0.05) is 24.2 Å². The lowest BCUT2D eigenvalue weighted by Crippen LogP contribution is -2.46. The fourth-order valence-corrected chi connectivity index (χ4v) is 8.23. The Balaban J connectivity index is 1.04. The molecule has 0 spiro atoms. The number of imide groups is 1. The Bertz CT molecular complexity index is 1380. The van der Waals surface area contributed by atoms with Crippen molar-refractivity contribution in [2.75, 3.05) is 18.4 Å². The molecule has 4 aliphatic carbocycles. The average molecular weight is 574 g/mol. The number of hydrogen-bond donors (Lipinski definition) is 3. The molecule has 2 heterocycles. The van der Waals surface area contributed by atoms with Crippen molar-refractivity contribution >= 4 is 28.4 Å². The van der Waals surface area contributed by atoms with Crippen LogP contribution in [-0.4, -0.2) is 40.0 Å². The van der Waals surface area contributed by atoms with Gasteiger partial charge in [-0.25, -0.2) is 4.98 Å². The number of benzene rings is 1. The van der Waals surface area contributed by atoms with Crippen LogP contribution in [0.5, 0.6) is 0 Å². The van der Waals surface area contributed by atoms with E-state index < -0.39 is 35.4 Å². The summed E-state index contributed by atoms with van der Waals surface area (Å²) in [6.07, 6.45) is 7.01. The van der Waals surface area contributed by atoms with Crippen molar-refractivity contribution < 1.29 is 22.8 Å². The maximum absolute atomic E-state index is 13.9. The minimum absolute atomic E-state index is 0.00501. The Morgan fingerprint density at radius 2 is 1.68 bits per heavy atom. The third-order valence-corrected chi connectivity index (χ3v) is 9.84. The Morgan fingerprint density at radius 3 is 2.39 bits per heavy atom. The minimum Gasteiger partial charge on any atom is -0.384 e. The number of nitrogens with one attached hydrogen (secondary N) is 3. The lowest BCUT2D eigenvalue weighted by atomic mass is 9.80. The first kappa shape index (κ1) is 28.2. The normalized spacial score (nSPS) is 29.0. The van der Waals surface area contributed by atoms with Crippen LogP contribution in [-0.2, 0) is 15.8 Å². The molecule has 4 bridgehead atoms. The molecule has 11 heteroatoms. The predicted octanol–water partition coefficient (Wildman–Crippen LogP) is 4.92. The molecule has 2 amide bonds. The van der Waals surface area contributed by atoms with Crippen molar-refractivity contribution in [3.8, 4) is 0 Å². The van der Waals surface area contributed by atoms with Crippen LogP contribution in [0.15, 0.2) is 23.0 Å². The topological polar surface area (TPSA) is 105 Å². The molecule has 2 aromatic rings. The summed E-state index contributed by atoms with van der Waals surface area (Å²) in [5.41, 5.74) is -0.218. The van der Waals surface area contributed by atoms with Crippen molar-refractivity contribution in [3.05, 3.63) is 34.4 Å². The summed E-state index contributed by atoms with van der Waals surface area (Å²) in [7, 11) is 0. The van der Waals surface area contributed by atoms with E-state index in [2.05, 4.69) is 15.6 Å². The molecule has 3 unspecified atom stereocenters. The second-order valence-corrected chi connectivity index (χ2v) is 12.6. The van der Waals surface area contributed by atoms with E-state index in [1.165, 1.54) is 38.2 Å². The quantitative estimate of drug-likeness (QED) is 0.260. The molecule has 5 aliphatic rings. The standard InChI is InChI=1S/C30H38F3N5O3/c31-30(32,33)28-36-22-8-6-7-21(25(22)27(41)38(28)23-9-10-24(39)37-26(23)40)34-11-4-2-1-3-5-12-35-29-16-18-13-19(17-29)15-20(29)14-18/h6-8,18-20,23,34-35H,1-5,9-17H2,(H,37,39,40). The van der Waals surface area contributed by atoms with Crippen LogP contribution in [0.2, 0.25) is 0 Å². The summed E-state index contributed by atoms with van der Waals surface area (Å²) in [5.74, 6) is -0.140. The zero-order valence-electron chi connectivity index (χ0n) is 23.2. The van der Waals surface area contributed by atoms with Crippen molar-refractivity contribution in [2.24, 2.45) is 17.8 Å². The number of aromatic nitrogens is 2. The molecule has 3 atom stereocenters. The highest BCUT2D eigenvalue weighted by atomic mass is 19.4. The van der Waals surface area contributed by atoms with Gasteiger partial charge >= 0.3 is 6.18 Å². The van der Waals surface area contributed by atoms with Gasteiger partial charge in [-0.05, 0) is 87.8 Å². The molecule has 5 fully saturated rings. The van der Waals surface area contributed by atoms with E-state index in [9.17, 15) is 27.6 Å². The average Bonchev–Trinajstić information content (AvgIpc) is 3.30. The SMILES string of the molecule is O=C1CCC(n2c(C(F)(F)F)nc3cccc(NCCCCCCCNC45CC6CC(CC4C6)C5)c3c2=O)C(=O)N1. The second-order valence-electron chi connectivity index (χ2n) is 12.6. The number of carbonyl (C=O) groups is 2. The highest BCUT2D eigenvalue weighted by Gasteiger charge is 2.57. The number of unbranched alkanes of at least 4 members (excludes halogenated alkanes) is 4. The first-order valence-corrected chi connectivity index (χ1v) is 15.1. The first-order chi connectivity index (χ1) is 19.6. The molecule has 0 radical (unpaired) electrons. The van der Waals surface area contributed by atoms with Gasteiger partial charge in [-0.3, -0.25) is 24.3 Å². The van der Waals surface area contributed by atoms with E-state index in [4.69, 9.17) is 0 Å². The van der Waals surface area contributed by atoms with Gasteiger partial charge in [0.25, 0.3) is 5.56 Å². The number of nitrogens with zero attached hydrogens (tertiary/aromatic N) is 2. The number of anilines is 1. The van der Waals surface area contributed by atoms with E-state index in [1.807, 2.05) is 5.32 Å². The molecule has 1 aromatic carbocycles. The third-order valence-electron chi connectivity index (χ3n) is 9.84. The van der Waals surface area contributed by atoms with Crippen LogP contribution in [0.25, 0.3) is 10.9 Å². The lowest BCUT2D eigenvalue weighted by molar-refractivity contribution is -0.150. The Morgan fingerprint density at radius 1 is 0.976 bits per heavy atom. The lowest BCUT2D eigenvalue weighted by Gasteiger charge is -2.34. The Kier molecular flexibility index (Phi) is 7.59. The maximum atomic E-state index is 13.9. The van der Waals surface area contributed by atoms with Gasteiger partial charge < -0.3 is 10.6 Å². The number of piperidine rings is 1. The summed E-state index contributed by atoms with van der Waals surface area (Å²) < 4.78 is 42.2. The van der Waals surface area contributed by atoms with Crippen molar-refractivity contribution in [2.45, 2.75) is 94.8 Å². The molecule has 8 nitrogen and oxygen atoms in total. The van der Waals surface area contributed by atoms with Crippen molar-refractivity contribution in [1.82, 2.24) is 20.2 Å². The summed E-state index contributed by atoms with van der Waals surface area (Å²) >= 11 is 0. The van der Waals surface area contributed by atoms with Gasteiger partial charge in [0.1, 0.15) is 6.04 Å². The van der Waals surface area contributed by atoms with Gasteiger partial charge in [0.05, 0.1) is 10.9 Å². The van der Waals surface area contributed by atoms with Crippen LogP contribution in [0.4, 0.5) is 18.9 Å². The molecule has 41 heavy (non-hydrogen) atoms. The van der Waals surface area contributed by atoms with Crippen LogP contribution in [0.3, 0.4) is 0 Å². The third kappa shape index (κ3) is 5.49. The number of rotatable bonds is 11. The van der Waals surface area contributed by atoms with E-state index in [1.54, 1.807) is 12.1 Å². The summed E-state index contributed by atoms with van der Waals surface area (Å²) in [6.45, 7) is 1.64. The molecule has 4 saturated carbocycles. The molecule has 1 saturated heterocycles. The largest absolute Gasteiger partial charge is 0.449 e. The second kappa shape index (κ2) is 11.0. The van der Waals surface area contributed by atoms with Crippen LogP contribution < -0.4 is 21.5 Å². The molecular weight excluding hydrogens is 535 g/mol. The smallest absolute Gasteiger partial charge is 0.384 e. The van der Waals surface area contributed by atoms with E-state index >= 15 is 0 Å². The number of halogens is 3. The number of fused-ring (bicyclic) bond motifs is 1. The highest BCUT2D eigenvalue weighted by Crippen LogP contribution is 2.60. The van der Waals surface area contributed by atoms with E-state index in [-0.39, 0.29) is 23.7 Å². The first-order valence-electron chi connectivity index (χ1n) is 15.1. The zero-order valence-corrected chi connectivity index (χ0v) is 23.2. The number of alkyl halides is 3. The van der Waals surface area contributed by atoms with Crippen molar-refractivity contribution in [3.63, 3.8) is 0 Å². The number of amides is 2. The van der Waals surface area contributed by atoms with Crippen LogP contribution in [0, 0.1) is 17.8 Å². The monoisotopic (exact) mass is 573 g/mol. The number of carbonyl (C=O) groups excluding carboxylic acids is 2. The van der Waals surface area contributed by atoms with Gasteiger partial charge in [0.15, 0.2) is 0 Å². The summed E-state index contributed by atoms with van der Waals surface area (Å²) in [4.78, 5) is 41.2. The molecule has 3 N–H and O–H groups in total. The highest BCUT2D eigenvalue weighted by molar-refractivity contribution is 5.99. The zero-order chi connectivity index (χ0) is 28.8. The molecular formula is C30H38F3N5O3. The van der Waals surface area contributed by atoms with Gasteiger partial charge in [-0.1, -0.05) is 25.3 Å². The predicted molar refractivity (Wildman–Crippen MR) is 148 cm³/mol. The molecule has 1 aliphatic heterocycles. The Labute approximate surface area is 236 Å². The van der Waals surface area contributed by atoms with E-state index in [0.717, 1.165) is 56.4 Å². The van der Waals surface area contributed by atoms with Crippen LogP contribution >= 0.6 is 0 Å². The molecule has 222 valence electrons. The summed E-state index contributed by atoms with van der Waals surface area (Å²) in [5, 5.41) is 9.20. The van der Waals surface area contributed by atoms with Crippen molar-refractivity contribution in [1.29, 1.82) is 0 Å². The van der Waals surface area contributed by atoms with Gasteiger partial charge in [-0.2, -0.15) is 13.2 Å². The van der Waals surface area contributed by atoms with E-state index in [0.29, 0.717) is 22.3 Å². The fraction of sp³-hybridized carbons (Fsp3) is 0.667. The van der Waals surface area contributed by atoms with Gasteiger partial charge in [0.2, 0.25) is 17.6 Å². The maximum Gasteiger partial charge on any atom is 0.449 e. The van der Waals surface area contributed by atoms with Gasteiger partial charge in [-0.15, -0.1) is 0 Å². The number of hydrogen-bond acceptors (Lipinski definition) is 6.